The minimum absolute atomic E-state index is 0.191. The normalized spacial score (nSPS) is 21.8. The largest absolute Gasteiger partial charge is 0.392 e. The van der Waals surface area contributed by atoms with Gasteiger partial charge in [-0.25, -0.2) is 0 Å². The van der Waals surface area contributed by atoms with E-state index in [1.54, 1.807) is 0 Å². The first kappa shape index (κ1) is 19.2. The van der Waals surface area contributed by atoms with Crippen molar-refractivity contribution in [3.05, 3.63) is 41.7 Å². The molecule has 2 aliphatic heterocycles. The Labute approximate surface area is 166 Å². The number of aliphatic hydroxyl groups excluding tert-OH is 1. The monoisotopic (exact) mass is 382 g/mol. The zero-order chi connectivity index (χ0) is 19.5. The number of aliphatic hydroxyl groups is 1. The number of likely N-dealkylation sites (tertiary alicyclic amines) is 2. The van der Waals surface area contributed by atoms with Crippen molar-refractivity contribution in [1.82, 2.24) is 20.0 Å². The van der Waals surface area contributed by atoms with Crippen LogP contribution in [0.1, 0.15) is 42.9 Å². The molecule has 6 nitrogen and oxygen atoms in total. The molecule has 0 spiro atoms. The minimum atomic E-state index is -0.285. The standard InChI is InChI=1S/C22H30N4O2/c1-16-5-2-3-7-19(16)20-13-23-24-22(20)17-8-11-26(12-9-17)21(28)15-25-10-4-6-18(27)14-25/h2-3,5,7,13,17-18,27H,4,6,8-12,14-15H2,1H3,(H,23,24)/t18-/m1/s1. The first-order chi connectivity index (χ1) is 13.6. The number of hydrogen-bond donors (Lipinski definition) is 2. The molecule has 3 heterocycles. The number of H-pyrrole nitrogens is 1. The van der Waals surface area contributed by atoms with E-state index in [0.717, 1.165) is 45.3 Å². The van der Waals surface area contributed by atoms with Gasteiger partial charge in [-0.1, -0.05) is 24.3 Å². The van der Waals surface area contributed by atoms with Crippen LogP contribution in [0.2, 0.25) is 0 Å². The van der Waals surface area contributed by atoms with Gasteiger partial charge in [-0.2, -0.15) is 5.10 Å². The lowest BCUT2D eigenvalue weighted by Crippen LogP contribution is -2.47. The topological polar surface area (TPSA) is 72.5 Å². The summed E-state index contributed by atoms with van der Waals surface area (Å²) in [6, 6.07) is 8.41. The maximum absolute atomic E-state index is 12.7. The molecular weight excluding hydrogens is 352 g/mol. The summed E-state index contributed by atoms with van der Waals surface area (Å²) in [5.74, 6) is 0.592. The second-order valence-electron chi connectivity index (χ2n) is 8.20. The molecule has 0 saturated carbocycles. The molecule has 2 aromatic rings. The van der Waals surface area contributed by atoms with Crippen LogP contribution in [-0.4, -0.2) is 69.8 Å². The second kappa shape index (κ2) is 8.45. The molecule has 0 aliphatic carbocycles. The number of piperidine rings is 2. The van der Waals surface area contributed by atoms with Crippen molar-refractivity contribution in [2.24, 2.45) is 0 Å². The Balaban J connectivity index is 1.37. The van der Waals surface area contributed by atoms with E-state index in [4.69, 9.17) is 0 Å². The summed E-state index contributed by atoms with van der Waals surface area (Å²) in [7, 11) is 0. The Hall–Kier alpha value is -2.18. The predicted molar refractivity (Wildman–Crippen MR) is 109 cm³/mol. The number of aryl methyl sites for hydroxylation is 1. The van der Waals surface area contributed by atoms with Crippen molar-refractivity contribution in [1.29, 1.82) is 0 Å². The number of carbonyl (C=O) groups is 1. The van der Waals surface area contributed by atoms with Crippen LogP contribution in [0.5, 0.6) is 0 Å². The molecule has 2 saturated heterocycles. The van der Waals surface area contributed by atoms with E-state index in [0.29, 0.717) is 19.0 Å². The molecule has 0 radical (unpaired) electrons. The molecule has 0 bridgehead atoms. The highest BCUT2D eigenvalue weighted by Gasteiger charge is 2.28. The smallest absolute Gasteiger partial charge is 0.236 e. The molecule has 150 valence electrons. The summed E-state index contributed by atoms with van der Waals surface area (Å²) in [5.41, 5.74) is 4.86. The highest BCUT2D eigenvalue weighted by atomic mass is 16.3. The van der Waals surface area contributed by atoms with Gasteiger partial charge >= 0.3 is 0 Å². The zero-order valence-corrected chi connectivity index (χ0v) is 16.6. The average Bonchev–Trinajstić information content (AvgIpc) is 3.18. The lowest BCUT2D eigenvalue weighted by atomic mass is 9.88. The molecule has 1 amide bonds. The molecule has 1 aromatic carbocycles. The third-order valence-electron chi connectivity index (χ3n) is 6.20. The summed E-state index contributed by atoms with van der Waals surface area (Å²) < 4.78 is 0. The van der Waals surface area contributed by atoms with Crippen LogP contribution >= 0.6 is 0 Å². The molecule has 28 heavy (non-hydrogen) atoms. The predicted octanol–water partition coefficient (Wildman–Crippen LogP) is 2.55. The first-order valence-corrected chi connectivity index (χ1v) is 10.4. The number of aromatic amines is 1. The van der Waals surface area contributed by atoms with Crippen molar-refractivity contribution in [2.75, 3.05) is 32.7 Å². The fraction of sp³-hybridized carbons (Fsp3) is 0.545. The Morgan fingerprint density at radius 1 is 1.18 bits per heavy atom. The van der Waals surface area contributed by atoms with Gasteiger partial charge in [0.2, 0.25) is 5.91 Å². The lowest BCUT2D eigenvalue weighted by molar-refractivity contribution is -0.134. The van der Waals surface area contributed by atoms with Crippen LogP contribution in [0.15, 0.2) is 30.5 Å². The highest BCUT2D eigenvalue weighted by Crippen LogP contribution is 2.35. The van der Waals surface area contributed by atoms with E-state index in [9.17, 15) is 9.90 Å². The fourth-order valence-electron chi connectivity index (χ4n) is 4.58. The summed E-state index contributed by atoms with van der Waals surface area (Å²) in [6.45, 7) is 5.66. The van der Waals surface area contributed by atoms with Gasteiger partial charge < -0.3 is 10.0 Å². The van der Waals surface area contributed by atoms with Crippen LogP contribution < -0.4 is 0 Å². The quantitative estimate of drug-likeness (QED) is 0.852. The first-order valence-electron chi connectivity index (χ1n) is 10.4. The van der Waals surface area contributed by atoms with Crippen LogP contribution in [0, 0.1) is 6.92 Å². The molecule has 6 heteroatoms. The summed E-state index contributed by atoms with van der Waals surface area (Å²) in [5, 5.41) is 17.4. The van der Waals surface area contributed by atoms with E-state index in [1.165, 1.54) is 22.4 Å². The molecule has 2 fully saturated rings. The third-order valence-corrected chi connectivity index (χ3v) is 6.20. The maximum atomic E-state index is 12.7. The van der Waals surface area contributed by atoms with Gasteiger partial charge in [0.1, 0.15) is 0 Å². The van der Waals surface area contributed by atoms with E-state index in [2.05, 4.69) is 46.3 Å². The number of hydrogen-bond acceptors (Lipinski definition) is 4. The average molecular weight is 383 g/mol. The van der Waals surface area contributed by atoms with Gasteiger partial charge in [-0.15, -0.1) is 0 Å². The Morgan fingerprint density at radius 2 is 1.96 bits per heavy atom. The number of β-amino-alcohol motifs (C(OH)–C–C–N with tert-alkyl or cyclic N) is 1. The molecule has 1 aromatic heterocycles. The van der Waals surface area contributed by atoms with Gasteiger partial charge in [0.25, 0.3) is 0 Å². The number of amides is 1. The molecule has 2 aliphatic rings. The zero-order valence-electron chi connectivity index (χ0n) is 16.6. The Morgan fingerprint density at radius 3 is 2.71 bits per heavy atom. The molecule has 2 N–H and O–H groups in total. The van der Waals surface area contributed by atoms with E-state index >= 15 is 0 Å². The number of benzene rings is 1. The second-order valence-corrected chi connectivity index (χ2v) is 8.20. The number of aromatic nitrogens is 2. The number of nitrogens with zero attached hydrogens (tertiary/aromatic N) is 3. The van der Waals surface area contributed by atoms with Crippen molar-refractivity contribution in [3.8, 4) is 11.1 Å². The summed E-state index contributed by atoms with van der Waals surface area (Å²) >= 11 is 0. The molecule has 0 unspecified atom stereocenters. The Bertz CT molecular complexity index is 810. The van der Waals surface area contributed by atoms with E-state index < -0.39 is 0 Å². The fourth-order valence-corrected chi connectivity index (χ4v) is 4.58. The summed E-state index contributed by atoms with van der Waals surface area (Å²) in [4.78, 5) is 16.8. The van der Waals surface area contributed by atoms with Gasteiger partial charge in [-0.05, 0) is 50.3 Å². The number of rotatable bonds is 4. The van der Waals surface area contributed by atoms with E-state index in [1.807, 2.05) is 11.1 Å². The SMILES string of the molecule is Cc1ccccc1-c1cn[nH]c1C1CCN(C(=O)CN2CCC[C@@H](O)C2)CC1. The van der Waals surface area contributed by atoms with Gasteiger partial charge in [0.05, 0.1) is 18.8 Å². The van der Waals surface area contributed by atoms with Crippen LogP contribution in [0.4, 0.5) is 0 Å². The van der Waals surface area contributed by atoms with Crippen molar-refractivity contribution >= 4 is 5.91 Å². The van der Waals surface area contributed by atoms with Crippen LogP contribution in [0.25, 0.3) is 11.1 Å². The molecule has 4 rings (SSSR count). The van der Waals surface area contributed by atoms with Gasteiger partial charge in [-0.3, -0.25) is 14.8 Å². The van der Waals surface area contributed by atoms with Crippen LogP contribution in [0.3, 0.4) is 0 Å². The van der Waals surface area contributed by atoms with Crippen molar-refractivity contribution in [3.63, 3.8) is 0 Å². The Kier molecular flexibility index (Phi) is 5.78. The van der Waals surface area contributed by atoms with Crippen molar-refractivity contribution in [2.45, 2.75) is 44.6 Å². The van der Waals surface area contributed by atoms with E-state index in [-0.39, 0.29) is 12.0 Å². The van der Waals surface area contributed by atoms with Crippen molar-refractivity contribution < 1.29 is 9.90 Å². The van der Waals surface area contributed by atoms with Gasteiger partial charge in [0.15, 0.2) is 0 Å². The molecule has 1 atom stereocenters. The van der Waals surface area contributed by atoms with Gasteiger partial charge in [0, 0.05) is 36.8 Å². The number of nitrogens with one attached hydrogen (secondary N) is 1. The minimum Gasteiger partial charge on any atom is -0.392 e. The highest BCUT2D eigenvalue weighted by molar-refractivity contribution is 5.78. The van der Waals surface area contributed by atoms with Crippen LogP contribution in [-0.2, 0) is 4.79 Å². The molecular formula is C22H30N4O2. The number of carbonyl (C=O) groups excluding carboxylic acids is 1. The lowest BCUT2D eigenvalue weighted by Gasteiger charge is -2.35. The maximum Gasteiger partial charge on any atom is 0.236 e. The third kappa shape index (κ3) is 4.13. The summed E-state index contributed by atoms with van der Waals surface area (Å²) in [6.07, 6.45) is 5.37.